The van der Waals surface area contributed by atoms with Gasteiger partial charge in [-0.05, 0) is 41.5 Å². The molecule has 0 radical (unpaired) electrons. The highest BCUT2D eigenvalue weighted by molar-refractivity contribution is 6.13. The Hall–Kier alpha value is -1.73. The third-order valence-corrected chi connectivity index (χ3v) is 4.85. The third-order valence-electron chi connectivity index (χ3n) is 4.85. The summed E-state index contributed by atoms with van der Waals surface area (Å²) in [6.45, 7) is 3.72. The van der Waals surface area contributed by atoms with Gasteiger partial charge in [0.1, 0.15) is 5.75 Å². The van der Waals surface area contributed by atoms with Crippen molar-refractivity contribution in [1.82, 2.24) is 0 Å². The zero-order valence-corrected chi connectivity index (χ0v) is 19.8. The van der Waals surface area contributed by atoms with Crippen molar-refractivity contribution in [2.24, 2.45) is 0 Å². The molecule has 0 aromatic heterocycles. The lowest BCUT2D eigenvalue weighted by Crippen LogP contribution is -3.00. The van der Waals surface area contributed by atoms with Crippen molar-refractivity contribution in [3.05, 3.63) is 42.0 Å². The molecule has 3 rings (SSSR count). The van der Waals surface area contributed by atoms with E-state index in [2.05, 4.69) is 51.5 Å². The van der Waals surface area contributed by atoms with Gasteiger partial charge in [0, 0.05) is 17.2 Å². The van der Waals surface area contributed by atoms with Crippen LogP contribution >= 0.6 is 0 Å². The van der Waals surface area contributed by atoms with Crippen LogP contribution in [0.25, 0.3) is 21.5 Å². The molecule has 0 aliphatic carbocycles. The lowest BCUT2D eigenvalue weighted by Gasteiger charge is -2.24. The summed E-state index contributed by atoms with van der Waals surface area (Å²) in [5, 5.41) is 4.45. The molecule has 28 heavy (non-hydrogen) atoms. The maximum atomic E-state index is 5.99. The second-order valence-corrected chi connectivity index (χ2v) is 7.85. The molecule has 0 bridgehead atoms. The van der Waals surface area contributed by atoms with Crippen molar-refractivity contribution in [2.75, 3.05) is 48.5 Å². The highest BCUT2D eigenvalue weighted by Crippen LogP contribution is 2.42. The average molecular weight is 495 g/mol. The topological polar surface area (TPSA) is 27.7 Å². The van der Waals surface area contributed by atoms with Crippen molar-refractivity contribution in [1.29, 1.82) is 0 Å². The molecule has 3 aromatic carbocycles. The summed E-state index contributed by atoms with van der Waals surface area (Å²) < 4.78 is 18.2. The van der Waals surface area contributed by atoms with Crippen molar-refractivity contribution in [2.45, 2.75) is 13.3 Å². The van der Waals surface area contributed by atoms with E-state index in [0.29, 0.717) is 6.61 Å². The lowest BCUT2D eigenvalue weighted by atomic mass is 9.97. The molecule has 0 saturated carbocycles. The number of methoxy groups -OCH3 is 2. The van der Waals surface area contributed by atoms with Gasteiger partial charge in [0.25, 0.3) is 0 Å². The van der Waals surface area contributed by atoms with Crippen LogP contribution in [0.4, 0.5) is 0 Å². The lowest BCUT2D eigenvalue weighted by molar-refractivity contribution is -0.870. The summed E-state index contributed by atoms with van der Waals surface area (Å²) >= 11 is 0. The highest BCUT2D eigenvalue weighted by Gasteiger charge is 2.16. The fourth-order valence-electron chi connectivity index (χ4n) is 3.48. The molecule has 4 nitrogen and oxygen atoms in total. The summed E-state index contributed by atoms with van der Waals surface area (Å²) in [4.78, 5) is 0. The summed E-state index contributed by atoms with van der Waals surface area (Å²) in [6.07, 6.45) is 0.988. The molecule has 0 aliphatic rings. The van der Waals surface area contributed by atoms with E-state index in [1.165, 1.54) is 5.56 Å². The van der Waals surface area contributed by atoms with Crippen molar-refractivity contribution in [3.63, 3.8) is 0 Å². The Labute approximate surface area is 185 Å². The first-order valence-corrected chi connectivity index (χ1v) is 9.41. The first-order valence-electron chi connectivity index (χ1n) is 9.41. The number of hydrogen-bond donors (Lipinski definition) is 0. The molecular formula is C23H30INO3. The zero-order chi connectivity index (χ0) is 19.6. The number of ether oxygens (including phenoxy) is 3. The van der Waals surface area contributed by atoms with E-state index in [-0.39, 0.29) is 24.0 Å². The number of likely N-dealkylation sites (N-methyl/N-ethyl adjacent to an activating group) is 1. The monoisotopic (exact) mass is 495 g/mol. The Morgan fingerprint density at radius 1 is 0.857 bits per heavy atom. The van der Waals surface area contributed by atoms with Crippen LogP contribution in [0.15, 0.2) is 36.4 Å². The average Bonchev–Trinajstić information content (AvgIpc) is 2.64. The summed E-state index contributed by atoms with van der Waals surface area (Å²) in [6, 6.07) is 12.7. The van der Waals surface area contributed by atoms with Gasteiger partial charge in [-0.15, -0.1) is 0 Å². The smallest absolute Gasteiger partial charge is 0.169 e. The first kappa shape index (κ1) is 22.6. The minimum absolute atomic E-state index is 0. The fourth-order valence-corrected chi connectivity index (χ4v) is 3.48. The maximum absolute atomic E-state index is 5.99. The predicted molar refractivity (Wildman–Crippen MR) is 112 cm³/mol. The van der Waals surface area contributed by atoms with E-state index < -0.39 is 0 Å². The summed E-state index contributed by atoms with van der Waals surface area (Å²) in [7, 11) is 10.0. The molecule has 0 N–H and O–H groups in total. The molecule has 0 aliphatic heterocycles. The number of hydrogen-bond acceptors (Lipinski definition) is 3. The number of fused-ring (bicyclic) bond motifs is 3. The van der Waals surface area contributed by atoms with Crippen molar-refractivity contribution < 1.29 is 42.7 Å². The van der Waals surface area contributed by atoms with E-state index in [1.807, 2.05) is 13.0 Å². The van der Waals surface area contributed by atoms with Crippen LogP contribution < -0.4 is 38.2 Å². The van der Waals surface area contributed by atoms with Crippen LogP contribution in [0.3, 0.4) is 0 Å². The zero-order valence-electron chi connectivity index (χ0n) is 17.6. The number of nitrogens with zero attached hydrogens (tertiary/aromatic N) is 1. The Morgan fingerprint density at radius 3 is 2.18 bits per heavy atom. The third kappa shape index (κ3) is 4.63. The summed E-state index contributed by atoms with van der Waals surface area (Å²) in [5.74, 6) is 2.44. The SMILES string of the molecule is CCOc1cc(CC[N+](C)(C)C)cc2c1ccc1ccc(OC)c(OC)c12.[I-]. The first-order chi connectivity index (χ1) is 12.9. The van der Waals surface area contributed by atoms with Crippen molar-refractivity contribution >= 4 is 21.5 Å². The minimum Gasteiger partial charge on any atom is -1.00 e. The van der Waals surface area contributed by atoms with Crippen LogP contribution in [0.5, 0.6) is 17.2 Å². The molecule has 0 unspecified atom stereocenters. The van der Waals surface area contributed by atoms with Gasteiger partial charge in [0.2, 0.25) is 0 Å². The molecule has 0 amide bonds. The van der Waals surface area contributed by atoms with E-state index in [9.17, 15) is 0 Å². The van der Waals surface area contributed by atoms with Crippen LogP contribution in [0, 0.1) is 0 Å². The summed E-state index contributed by atoms with van der Waals surface area (Å²) in [5.41, 5.74) is 1.27. The number of quaternary nitrogens is 1. The molecular weight excluding hydrogens is 465 g/mol. The minimum atomic E-state index is 0. The molecule has 3 aromatic rings. The normalized spacial score (nSPS) is 11.4. The Morgan fingerprint density at radius 2 is 1.57 bits per heavy atom. The Kier molecular flexibility index (Phi) is 7.39. The molecule has 5 heteroatoms. The highest BCUT2D eigenvalue weighted by atomic mass is 127. The number of halogens is 1. The molecule has 0 fully saturated rings. The van der Waals surface area contributed by atoms with Crippen molar-refractivity contribution in [3.8, 4) is 17.2 Å². The Bertz CT molecular complexity index is 964. The van der Waals surface area contributed by atoms with Gasteiger partial charge in [-0.1, -0.05) is 18.2 Å². The molecule has 0 atom stereocenters. The van der Waals surface area contributed by atoms with Crippen LogP contribution in [-0.2, 0) is 6.42 Å². The van der Waals surface area contributed by atoms with Crippen LogP contribution in [0.1, 0.15) is 12.5 Å². The van der Waals surface area contributed by atoms with E-state index in [0.717, 1.165) is 56.2 Å². The molecule has 152 valence electrons. The van der Waals surface area contributed by atoms with E-state index >= 15 is 0 Å². The molecule has 0 heterocycles. The van der Waals surface area contributed by atoms with Gasteiger partial charge >= 0.3 is 0 Å². The molecule has 0 saturated heterocycles. The van der Waals surface area contributed by atoms with Gasteiger partial charge in [-0.2, -0.15) is 0 Å². The Balaban J connectivity index is 0.00000280. The standard InChI is InChI=1S/C23H30NO3.HI/c1-7-27-21-15-16(12-13-24(2,3)4)14-19-18(21)10-8-17-9-11-20(25-5)23(26-6)22(17)19;/h8-11,14-15H,7,12-13H2,1-6H3;1H/q+1;/p-1. The second-order valence-electron chi connectivity index (χ2n) is 7.85. The van der Waals surface area contributed by atoms with E-state index in [1.54, 1.807) is 14.2 Å². The number of rotatable bonds is 7. The van der Waals surface area contributed by atoms with Gasteiger partial charge < -0.3 is 42.7 Å². The maximum Gasteiger partial charge on any atom is 0.169 e. The molecule has 0 spiro atoms. The van der Waals surface area contributed by atoms with Gasteiger partial charge in [0.15, 0.2) is 11.5 Å². The largest absolute Gasteiger partial charge is 1.00 e. The quantitative estimate of drug-likeness (QED) is 0.284. The van der Waals surface area contributed by atoms with Gasteiger partial charge in [-0.25, -0.2) is 0 Å². The van der Waals surface area contributed by atoms with Crippen LogP contribution in [-0.4, -0.2) is 53.0 Å². The second kappa shape index (κ2) is 9.18. The van der Waals surface area contributed by atoms with E-state index in [4.69, 9.17) is 14.2 Å². The van der Waals surface area contributed by atoms with Gasteiger partial charge in [0.05, 0.1) is 48.5 Å². The number of benzene rings is 3. The van der Waals surface area contributed by atoms with Crippen LogP contribution in [0.2, 0.25) is 0 Å². The fraction of sp³-hybridized carbons (Fsp3) is 0.391. The predicted octanol–water partition coefficient (Wildman–Crippen LogP) is 1.66. The van der Waals surface area contributed by atoms with Gasteiger partial charge in [-0.3, -0.25) is 0 Å².